The zero-order chi connectivity index (χ0) is 25.5. The fourth-order valence-electron chi connectivity index (χ4n) is 11.6. The van der Waals surface area contributed by atoms with E-state index in [1.54, 1.807) is 6.92 Å². The van der Waals surface area contributed by atoms with E-state index < -0.39 is 0 Å². The molecule has 5 aliphatic carbocycles. The molecule has 0 aromatic heterocycles. The first-order valence-corrected chi connectivity index (χ1v) is 15.7. The van der Waals surface area contributed by atoms with Gasteiger partial charge in [-0.05, 0) is 116 Å². The Labute approximate surface area is 221 Å². The summed E-state index contributed by atoms with van der Waals surface area (Å²) in [6, 6.07) is 0. The molecule has 10 atom stereocenters. The van der Waals surface area contributed by atoms with Gasteiger partial charge in [0.2, 0.25) is 5.91 Å². The standard InChI is InChI=1S/C32H53NO3.H2/c1-6-7-8-17-33(21(2)34)19-22-9-10-24-26(36-22)18-25-23-11-12-27-29(3,4)28(35)13-14-32(27)20-31(23,32)16-15-30(24,25)5;/h22-28,35H,6-20H2,1-5H3;1H/t22?,23?,24?,25?,26?,27?,28-,30+,31-,32?;/m0./s1. The van der Waals surface area contributed by atoms with Crippen molar-refractivity contribution in [1.29, 1.82) is 0 Å². The summed E-state index contributed by atoms with van der Waals surface area (Å²) in [5.41, 5.74) is 1.60. The van der Waals surface area contributed by atoms with Crippen molar-refractivity contribution in [2.24, 2.45) is 45.3 Å². The van der Waals surface area contributed by atoms with E-state index in [-0.39, 0.29) is 25.0 Å². The summed E-state index contributed by atoms with van der Waals surface area (Å²) in [7, 11) is 0. The van der Waals surface area contributed by atoms with Crippen molar-refractivity contribution in [2.75, 3.05) is 13.1 Å². The fourth-order valence-corrected chi connectivity index (χ4v) is 11.6. The minimum Gasteiger partial charge on any atom is -0.393 e. The summed E-state index contributed by atoms with van der Waals surface area (Å²) < 4.78 is 6.91. The lowest BCUT2D eigenvalue weighted by molar-refractivity contribution is -0.139. The third kappa shape index (κ3) is 3.48. The van der Waals surface area contributed by atoms with Gasteiger partial charge in [0.25, 0.3) is 0 Å². The summed E-state index contributed by atoms with van der Waals surface area (Å²) in [6.45, 7) is 13.0. The number of nitrogens with zero attached hydrogens (tertiary/aromatic N) is 1. The smallest absolute Gasteiger partial charge is 0.219 e. The maximum atomic E-state index is 12.3. The van der Waals surface area contributed by atoms with Gasteiger partial charge < -0.3 is 14.7 Å². The Morgan fingerprint density at radius 1 is 0.972 bits per heavy atom. The van der Waals surface area contributed by atoms with E-state index in [4.69, 9.17) is 4.74 Å². The second-order valence-corrected chi connectivity index (χ2v) is 15.1. The van der Waals surface area contributed by atoms with Crippen molar-refractivity contribution in [3.8, 4) is 0 Å². The number of ether oxygens (including phenoxy) is 1. The predicted octanol–water partition coefficient (Wildman–Crippen LogP) is 6.84. The lowest BCUT2D eigenvalue weighted by Gasteiger charge is -2.59. The molecule has 0 bridgehead atoms. The molecule has 7 unspecified atom stereocenters. The van der Waals surface area contributed by atoms with Gasteiger partial charge in [-0.3, -0.25) is 4.79 Å². The molecule has 1 heterocycles. The van der Waals surface area contributed by atoms with Gasteiger partial charge in [0.1, 0.15) is 0 Å². The first kappa shape index (κ1) is 25.7. The van der Waals surface area contributed by atoms with E-state index in [1.807, 2.05) is 0 Å². The molecule has 1 aliphatic heterocycles. The Balaban J connectivity index is 0.00000280. The highest BCUT2D eigenvalue weighted by atomic mass is 16.5. The third-order valence-electron chi connectivity index (χ3n) is 13.6. The normalized spacial score (nSPS) is 50.2. The SMILES string of the molecule is CCCCCN(CC1CCC2C(CC3C4CCC5C(C)(C)[C@@H](O)CCC56C[C@@]46CC[C@]23C)O1)C(C)=O.[HH]. The molecule has 4 heteroatoms. The Bertz CT molecular complexity index is 878. The number of aliphatic hydroxyl groups excluding tert-OH is 1. The molecule has 0 aromatic rings. The van der Waals surface area contributed by atoms with Gasteiger partial charge in [0.15, 0.2) is 0 Å². The summed E-state index contributed by atoms with van der Waals surface area (Å²) in [5.74, 6) is 3.31. The third-order valence-corrected chi connectivity index (χ3v) is 13.6. The molecule has 6 aliphatic rings. The maximum Gasteiger partial charge on any atom is 0.219 e. The Morgan fingerprint density at radius 2 is 1.75 bits per heavy atom. The number of hydrogen-bond donors (Lipinski definition) is 1. The zero-order valence-electron chi connectivity index (χ0n) is 23.9. The van der Waals surface area contributed by atoms with Crippen molar-refractivity contribution >= 4 is 5.91 Å². The van der Waals surface area contributed by atoms with Crippen LogP contribution >= 0.6 is 0 Å². The number of unbranched alkanes of at least 4 members (excludes halogenated alkanes) is 2. The molecular weight excluding hydrogens is 446 g/mol. The second-order valence-electron chi connectivity index (χ2n) is 15.1. The molecule has 2 spiro atoms. The number of fused-ring (bicyclic) bond motifs is 4. The Morgan fingerprint density at radius 3 is 2.50 bits per heavy atom. The second kappa shape index (κ2) is 8.70. The van der Waals surface area contributed by atoms with Gasteiger partial charge >= 0.3 is 0 Å². The molecule has 1 saturated heterocycles. The van der Waals surface area contributed by atoms with E-state index >= 15 is 0 Å². The van der Waals surface area contributed by atoms with Crippen LogP contribution in [0.4, 0.5) is 0 Å². The van der Waals surface area contributed by atoms with Crippen molar-refractivity contribution < 1.29 is 16.1 Å². The van der Waals surface area contributed by atoms with E-state index in [0.717, 1.165) is 44.2 Å². The number of rotatable bonds is 6. The molecule has 1 N–H and O–H groups in total. The van der Waals surface area contributed by atoms with Crippen molar-refractivity contribution in [1.82, 2.24) is 4.90 Å². The number of carbonyl (C=O) groups excluding carboxylic acids is 1. The first-order valence-electron chi connectivity index (χ1n) is 15.7. The number of aliphatic hydroxyl groups is 1. The average Bonchev–Trinajstić information content (AvgIpc) is 3.41. The van der Waals surface area contributed by atoms with Crippen LogP contribution in [0, 0.1) is 45.3 Å². The van der Waals surface area contributed by atoms with Crippen molar-refractivity contribution in [3.05, 3.63) is 0 Å². The number of amides is 1. The highest BCUT2D eigenvalue weighted by molar-refractivity contribution is 5.73. The molecule has 5 saturated carbocycles. The van der Waals surface area contributed by atoms with Gasteiger partial charge in [-0.15, -0.1) is 0 Å². The molecule has 206 valence electrons. The van der Waals surface area contributed by atoms with Crippen LogP contribution in [0.15, 0.2) is 0 Å². The van der Waals surface area contributed by atoms with Crippen LogP contribution in [-0.2, 0) is 9.53 Å². The number of hydrogen-bond acceptors (Lipinski definition) is 3. The van der Waals surface area contributed by atoms with E-state index in [2.05, 4.69) is 32.6 Å². The Hall–Kier alpha value is -0.610. The van der Waals surface area contributed by atoms with Gasteiger partial charge in [-0.25, -0.2) is 0 Å². The molecule has 36 heavy (non-hydrogen) atoms. The van der Waals surface area contributed by atoms with Crippen LogP contribution in [0.25, 0.3) is 0 Å². The van der Waals surface area contributed by atoms with Crippen LogP contribution in [0.1, 0.15) is 120 Å². The quantitative estimate of drug-likeness (QED) is 0.405. The molecule has 6 rings (SSSR count). The summed E-state index contributed by atoms with van der Waals surface area (Å²) in [5, 5.41) is 10.9. The van der Waals surface area contributed by atoms with E-state index in [9.17, 15) is 9.90 Å². The summed E-state index contributed by atoms with van der Waals surface area (Å²) >= 11 is 0. The molecular formula is C32H55NO3. The largest absolute Gasteiger partial charge is 0.393 e. The van der Waals surface area contributed by atoms with E-state index in [1.165, 1.54) is 64.2 Å². The highest BCUT2D eigenvalue weighted by Crippen LogP contribution is 2.87. The fraction of sp³-hybridized carbons (Fsp3) is 0.969. The van der Waals surface area contributed by atoms with Gasteiger partial charge in [-0.2, -0.15) is 0 Å². The molecule has 0 aromatic carbocycles. The minimum absolute atomic E-state index is 0. The summed E-state index contributed by atoms with van der Waals surface area (Å²) in [6.07, 6.45) is 16.9. The number of carbonyl (C=O) groups is 1. The molecule has 4 nitrogen and oxygen atoms in total. The van der Waals surface area contributed by atoms with Crippen LogP contribution < -0.4 is 0 Å². The Kier molecular flexibility index (Phi) is 6.20. The molecule has 0 radical (unpaired) electrons. The lowest BCUT2D eigenvalue weighted by Crippen LogP contribution is -2.54. The van der Waals surface area contributed by atoms with Gasteiger partial charge in [0, 0.05) is 21.4 Å². The summed E-state index contributed by atoms with van der Waals surface area (Å²) in [4.78, 5) is 14.4. The topological polar surface area (TPSA) is 49.8 Å². The highest BCUT2D eigenvalue weighted by Gasteiger charge is 2.80. The molecule has 1 amide bonds. The van der Waals surface area contributed by atoms with E-state index in [0.29, 0.717) is 34.2 Å². The lowest BCUT2D eigenvalue weighted by atomic mass is 9.46. The molecule has 6 fully saturated rings. The van der Waals surface area contributed by atoms with Crippen LogP contribution in [0.3, 0.4) is 0 Å². The zero-order valence-corrected chi connectivity index (χ0v) is 23.9. The average molecular weight is 502 g/mol. The first-order chi connectivity index (χ1) is 17.1. The van der Waals surface area contributed by atoms with Gasteiger partial charge in [-0.1, -0.05) is 40.5 Å². The van der Waals surface area contributed by atoms with Crippen LogP contribution in [-0.4, -0.2) is 47.3 Å². The van der Waals surface area contributed by atoms with Crippen molar-refractivity contribution in [2.45, 2.75) is 136 Å². The monoisotopic (exact) mass is 501 g/mol. The minimum atomic E-state index is -0.118. The van der Waals surface area contributed by atoms with Crippen molar-refractivity contribution in [3.63, 3.8) is 0 Å². The maximum absolute atomic E-state index is 12.3. The van der Waals surface area contributed by atoms with Gasteiger partial charge in [0.05, 0.1) is 18.3 Å². The predicted molar refractivity (Wildman–Crippen MR) is 145 cm³/mol. The van der Waals surface area contributed by atoms with Crippen LogP contribution in [0.2, 0.25) is 0 Å². The van der Waals surface area contributed by atoms with Crippen LogP contribution in [0.5, 0.6) is 0 Å².